The maximum atomic E-state index is 12.8. The number of anilines is 1. The molecule has 1 aromatic carbocycles. The molecule has 35 heavy (non-hydrogen) atoms. The lowest BCUT2D eigenvalue weighted by atomic mass is 9.88. The van der Waals surface area contributed by atoms with E-state index in [9.17, 15) is 19.2 Å². The highest BCUT2D eigenvalue weighted by Gasteiger charge is 2.33. The molecule has 1 N–H and O–H groups in total. The van der Waals surface area contributed by atoms with E-state index in [0.717, 1.165) is 29.7 Å². The van der Waals surface area contributed by atoms with Crippen LogP contribution in [0.5, 0.6) is 0 Å². The van der Waals surface area contributed by atoms with Crippen molar-refractivity contribution in [3.63, 3.8) is 0 Å². The highest BCUT2D eigenvalue weighted by atomic mass is 32.1. The Labute approximate surface area is 207 Å². The molecule has 0 saturated heterocycles. The lowest BCUT2D eigenvalue weighted by Gasteiger charge is -2.19. The third-order valence-electron chi connectivity index (χ3n) is 6.00. The molecule has 1 unspecified atom stereocenters. The monoisotopic (exact) mass is 496 g/mol. The Kier molecular flexibility index (Phi) is 7.07. The number of carbonyl (C=O) groups excluding carboxylic acids is 4. The van der Waals surface area contributed by atoms with Crippen molar-refractivity contribution in [1.82, 2.24) is 4.90 Å². The number of thiophene rings is 1. The molecule has 1 aromatic heterocycles. The van der Waals surface area contributed by atoms with Gasteiger partial charge in [-0.2, -0.15) is 0 Å². The lowest BCUT2D eigenvalue weighted by Crippen LogP contribution is -2.32. The minimum atomic E-state index is -0.735. The summed E-state index contributed by atoms with van der Waals surface area (Å²) in [5, 5.41) is 3.13. The van der Waals surface area contributed by atoms with Crippen molar-refractivity contribution in [2.45, 2.75) is 46.1 Å². The molecule has 4 rings (SSSR count). The summed E-state index contributed by atoms with van der Waals surface area (Å²) in [5.74, 6) is -1.61. The second kappa shape index (κ2) is 10.0. The zero-order valence-electron chi connectivity index (χ0n) is 20.0. The van der Waals surface area contributed by atoms with Gasteiger partial charge in [-0.1, -0.05) is 31.7 Å². The first-order valence-corrected chi connectivity index (χ1v) is 12.4. The van der Waals surface area contributed by atoms with Crippen LogP contribution in [0, 0.1) is 5.92 Å². The van der Waals surface area contributed by atoms with E-state index >= 15 is 0 Å². The smallest absolute Gasteiger partial charge is 0.341 e. The first-order chi connectivity index (χ1) is 16.7. The zero-order valence-corrected chi connectivity index (χ0v) is 20.8. The Morgan fingerprint density at radius 2 is 1.94 bits per heavy atom. The number of hydrogen-bond donors (Lipinski definition) is 1. The van der Waals surface area contributed by atoms with Gasteiger partial charge in [0.2, 0.25) is 0 Å². The Bertz CT molecular complexity index is 1180. The molecule has 2 heterocycles. The standard InChI is InChI=1S/C26H28N2O6S/c1-14(2)34-26(32)23-19-10-9-15(3)11-20(19)35-24(23)27-21(29)13-33-22(30)12-28-16(4)17-7-5-6-8-18(17)25(28)31/h5-8,14-15H,4,9-13H2,1-3H3,(H,27,29). The number of hydrogen-bond acceptors (Lipinski definition) is 7. The molecule has 0 bridgehead atoms. The maximum Gasteiger partial charge on any atom is 0.341 e. The number of nitrogens with one attached hydrogen (secondary N) is 1. The summed E-state index contributed by atoms with van der Waals surface area (Å²) in [7, 11) is 0. The van der Waals surface area contributed by atoms with Crippen molar-refractivity contribution in [3.05, 3.63) is 58.0 Å². The number of rotatable bonds is 7. The molecule has 0 radical (unpaired) electrons. The number of nitrogens with zero attached hydrogens (tertiary/aromatic N) is 1. The molecule has 8 nitrogen and oxygen atoms in total. The van der Waals surface area contributed by atoms with Crippen LogP contribution in [0.4, 0.5) is 5.00 Å². The van der Waals surface area contributed by atoms with Crippen LogP contribution in [0.3, 0.4) is 0 Å². The fraction of sp³-hybridized carbons (Fsp3) is 0.385. The third kappa shape index (κ3) is 5.14. The molecular formula is C26H28N2O6S. The first kappa shape index (κ1) is 24.7. The minimum absolute atomic E-state index is 0.292. The summed E-state index contributed by atoms with van der Waals surface area (Å²) < 4.78 is 10.5. The predicted octanol–water partition coefficient (Wildman–Crippen LogP) is 4.05. The summed E-state index contributed by atoms with van der Waals surface area (Å²) in [6.45, 7) is 8.70. The number of esters is 2. The van der Waals surface area contributed by atoms with Gasteiger partial charge >= 0.3 is 11.9 Å². The fourth-order valence-corrected chi connectivity index (χ4v) is 5.73. The summed E-state index contributed by atoms with van der Waals surface area (Å²) >= 11 is 1.37. The molecule has 184 valence electrons. The Morgan fingerprint density at radius 1 is 1.23 bits per heavy atom. The van der Waals surface area contributed by atoms with Crippen molar-refractivity contribution in [2.24, 2.45) is 5.92 Å². The van der Waals surface area contributed by atoms with Crippen LogP contribution in [0.2, 0.25) is 0 Å². The van der Waals surface area contributed by atoms with Crippen LogP contribution in [-0.2, 0) is 31.9 Å². The molecule has 2 amide bonds. The SMILES string of the molecule is C=C1c2ccccc2C(=O)N1CC(=O)OCC(=O)Nc1sc2c(c1C(=O)OC(C)C)CCC(C)C2. The summed E-state index contributed by atoms with van der Waals surface area (Å²) in [6.07, 6.45) is 2.25. The minimum Gasteiger partial charge on any atom is -0.459 e. The van der Waals surface area contributed by atoms with Gasteiger partial charge in [0.25, 0.3) is 11.8 Å². The van der Waals surface area contributed by atoms with E-state index in [1.165, 1.54) is 16.2 Å². The van der Waals surface area contributed by atoms with Gasteiger partial charge in [0, 0.05) is 21.7 Å². The van der Waals surface area contributed by atoms with Gasteiger partial charge in [-0.05, 0) is 50.7 Å². The second-order valence-electron chi connectivity index (χ2n) is 9.10. The molecular weight excluding hydrogens is 468 g/mol. The molecule has 0 spiro atoms. The van der Waals surface area contributed by atoms with Gasteiger partial charge in [0.15, 0.2) is 6.61 Å². The van der Waals surface area contributed by atoms with E-state index in [-0.39, 0.29) is 18.6 Å². The van der Waals surface area contributed by atoms with Crippen LogP contribution in [0.1, 0.15) is 63.9 Å². The van der Waals surface area contributed by atoms with Gasteiger partial charge in [-0.15, -0.1) is 11.3 Å². The molecule has 1 atom stereocenters. The fourth-order valence-electron chi connectivity index (χ4n) is 4.31. The Morgan fingerprint density at radius 3 is 2.63 bits per heavy atom. The number of fused-ring (bicyclic) bond motifs is 2. The topological polar surface area (TPSA) is 102 Å². The molecule has 0 fully saturated rings. The van der Waals surface area contributed by atoms with Crippen LogP contribution in [-0.4, -0.2) is 47.9 Å². The number of benzene rings is 1. The highest BCUT2D eigenvalue weighted by molar-refractivity contribution is 7.17. The molecule has 2 aliphatic rings. The lowest BCUT2D eigenvalue weighted by molar-refractivity contribution is -0.147. The maximum absolute atomic E-state index is 12.8. The molecule has 2 aromatic rings. The summed E-state index contributed by atoms with van der Waals surface area (Å²) in [6, 6.07) is 6.96. The van der Waals surface area contributed by atoms with Crippen molar-refractivity contribution in [3.8, 4) is 0 Å². The van der Waals surface area contributed by atoms with E-state index in [4.69, 9.17) is 9.47 Å². The largest absolute Gasteiger partial charge is 0.459 e. The van der Waals surface area contributed by atoms with Crippen LogP contribution < -0.4 is 5.32 Å². The third-order valence-corrected chi connectivity index (χ3v) is 7.17. The quantitative estimate of drug-likeness (QED) is 0.581. The summed E-state index contributed by atoms with van der Waals surface area (Å²) in [4.78, 5) is 52.6. The van der Waals surface area contributed by atoms with E-state index in [0.29, 0.717) is 33.3 Å². The predicted molar refractivity (Wildman–Crippen MR) is 132 cm³/mol. The Balaban J connectivity index is 1.39. The molecule has 1 aliphatic carbocycles. The zero-order chi connectivity index (χ0) is 25.3. The first-order valence-electron chi connectivity index (χ1n) is 11.6. The van der Waals surface area contributed by atoms with Gasteiger partial charge in [0.1, 0.15) is 11.5 Å². The average Bonchev–Trinajstić information content (AvgIpc) is 3.27. The number of ether oxygens (including phenoxy) is 2. The van der Waals surface area contributed by atoms with Crippen LogP contribution in [0.15, 0.2) is 30.8 Å². The molecule has 0 saturated carbocycles. The number of amides is 2. The second-order valence-corrected chi connectivity index (χ2v) is 10.2. The normalized spacial score (nSPS) is 16.7. The van der Waals surface area contributed by atoms with E-state index in [1.807, 2.05) is 0 Å². The highest BCUT2D eigenvalue weighted by Crippen LogP contribution is 2.40. The van der Waals surface area contributed by atoms with Gasteiger partial charge < -0.3 is 14.8 Å². The van der Waals surface area contributed by atoms with Gasteiger partial charge in [0.05, 0.1) is 11.7 Å². The van der Waals surface area contributed by atoms with Crippen LogP contribution in [0.25, 0.3) is 5.70 Å². The van der Waals surface area contributed by atoms with E-state index < -0.39 is 24.5 Å². The number of carbonyl (C=O) groups is 4. The van der Waals surface area contributed by atoms with E-state index in [1.54, 1.807) is 38.1 Å². The van der Waals surface area contributed by atoms with Crippen LogP contribution >= 0.6 is 11.3 Å². The van der Waals surface area contributed by atoms with Crippen molar-refractivity contribution in [2.75, 3.05) is 18.5 Å². The average molecular weight is 497 g/mol. The van der Waals surface area contributed by atoms with Crippen molar-refractivity contribution in [1.29, 1.82) is 0 Å². The Hall–Kier alpha value is -3.46. The van der Waals surface area contributed by atoms with Crippen molar-refractivity contribution < 1.29 is 28.7 Å². The molecule has 9 heteroatoms. The van der Waals surface area contributed by atoms with Gasteiger partial charge in [-0.25, -0.2) is 4.79 Å². The van der Waals surface area contributed by atoms with Crippen molar-refractivity contribution >= 4 is 45.8 Å². The summed E-state index contributed by atoms with van der Waals surface area (Å²) in [5.41, 5.74) is 2.87. The van der Waals surface area contributed by atoms with Gasteiger partial charge in [-0.3, -0.25) is 19.3 Å². The molecule has 1 aliphatic heterocycles. The van der Waals surface area contributed by atoms with E-state index in [2.05, 4.69) is 18.8 Å².